The minimum atomic E-state index is -7.05. The first-order valence-corrected chi connectivity index (χ1v) is 40.3. The standard InChI is InChI=1S/C28H40F18O6.C28H48F10O9.C21H34F10O6.4CH4/c1-18(2,11-51-15-19(3,10-47)14-49-8-6-21(29,30)23(33,34)25(37,38)27(41,42)43)12-52-17-20(4,13-48-5)16-50-9-7-22(31,32)24(35,36)26(39,40)28(44,45)46;1-22(13-42-8-6-10-43-16-23(2,14-39)17-45-20-25(29,30)27(33,34)35)47-12-11-41-7-5-9-44-18-24(3,15-40-4)19-46-21-26(31,32)28(36,37)38;1-15(2,7-34-9-16(3,5-32)11-36-13-18(22,23)20(26,27)28)8-35-10-17(4,6-33)12-37-14-19(24,25)21(29,30)31;;;;/h47H,6-17H2,1-5H3;22,39H,5-21H2,1-4H3;32-33H,5-14H2,1-4H3;4*1H4. The average Bonchev–Trinajstić information content (AvgIpc) is 0.746. The number of alkyl halides is 38. The molecule has 7 atom stereocenters. The van der Waals surface area contributed by atoms with Crippen LogP contribution in [0.5, 0.6) is 0 Å². The molecular weight excluding hydrogens is 2030 g/mol. The van der Waals surface area contributed by atoms with Gasteiger partial charge >= 0.3 is 96.3 Å². The molecule has 0 aliphatic carbocycles. The van der Waals surface area contributed by atoms with Crippen molar-refractivity contribution < 1.29 is 268 Å². The van der Waals surface area contributed by atoms with Crippen molar-refractivity contribution in [3.8, 4) is 0 Å². The van der Waals surface area contributed by atoms with Gasteiger partial charge in [0, 0.05) is 96.8 Å². The van der Waals surface area contributed by atoms with Crippen LogP contribution in [-0.2, 0) is 80.5 Å². The Labute approximate surface area is 788 Å². The second-order valence-corrected chi connectivity index (χ2v) is 35.9. The summed E-state index contributed by atoms with van der Waals surface area (Å²) in [5.41, 5.74) is -8.99. The minimum absolute atomic E-state index is 0. The predicted octanol–water partition coefficient (Wildman–Crippen LogP) is 20.8. The Morgan fingerprint density at radius 2 is 0.400 bits per heavy atom. The van der Waals surface area contributed by atoms with Crippen molar-refractivity contribution in [1.29, 1.82) is 0 Å². The third kappa shape index (κ3) is 53.1. The van der Waals surface area contributed by atoms with E-state index in [1.165, 1.54) is 48.8 Å². The largest absolute Gasteiger partial charge is 0.460 e. The van der Waals surface area contributed by atoms with E-state index in [0.29, 0.717) is 26.1 Å². The third-order valence-corrected chi connectivity index (χ3v) is 18.4. The highest BCUT2D eigenvalue weighted by molar-refractivity contribution is 5.02. The van der Waals surface area contributed by atoms with E-state index in [0.717, 1.165) is 0 Å². The molecule has 0 amide bonds. The summed E-state index contributed by atoms with van der Waals surface area (Å²) in [5.74, 6) is -59.4. The SMILES string of the molecule is C.C.C.C.CC(C)(COCC(C)(CO)COCC(F)(F)C(F)(F)F)COCC(C)(CO)COCC(F)(F)C(F)(F)F.COCC(C)(COCCC(F)(F)C(F)(F)C(F)(F)C(F)(F)F)COCC(C)(C)COCC(C)(CO)COCCC(F)(F)C(F)(F)C(F)(F)C(F)(F)F.COCC(C)(COCCCOCCOC(C)COCCCOCC(C)(CO)COCC(F)(F)C(F)(F)F)COCC(F)(F)C(F)(F)F. The Morgan fingerprint density at radius 1 is 0.200 bits per heavy atom. The number of aliphatic hydroxyl groups is 4. The van der Waals surface area contributed by atoms with Crippen LogP contribution in [0, 0.1) is 43.3 Å². The molecule has 0 aromatic carbocycles. The summed E-state index contributed by atoms with van der Waals surface area (Å²) in [5, 5.41) is 38.1. The summed E-state index contributed by atoms with van der Waals surface area (Å²) in [6.07, 6.45) is -40.7. The lowest BCUT2D eigenvalue weighted by Gasteiger charge is -2.34. The van der Waals surface area contributed by atoms with Gasteiger partial charge in [-0.3, -0.25) is 0 Å². The maximum absolute atomic E-state index is 13.8. The molecular formula is C81H138F38O21. The molecule has 0 aromatic heterocycles. The number of hydrogen-bond donors (Lipinski definition) is 4. The number of halogens is 38. The van der Waals surface area contributed by atoms with Crippen molar-refractivity contribution in [3.05, 3.63) is 0 Å². The molecule has 0 saturated heterocycles. The van der Waals surface area contributed by atoms with Crippen LogP contribution in [0.2, 0.25) is 0 Å². The molecule has 0 aliphatic rings. The van der Waals surface area contributed by atoms with Crippen molar-refractivity contribution in [1.82, 2.24) is 0 Å². The van der Waals surface area contributed by atoms with Crippen LogP contribution in [-0.4, -0.2) is 368 Å². The highest BCUT2D eigenvalue weighted by atomic mass is 19.5. The molecule has 140 heavy (non-hydrogen) atoms. The van der Waals surface area contributed by atoms with Crippen LogP contribution in [0.3, 0.4) is 0 Å². The summed E-state index contributed by atoms with van der Waals surface area (Å²) in [6, 6.07) is 0. The Balaban J connectivity index is -0.000000379. The summed E-state index contributed by atoms with van der Waals surface area (Å²) < 4.78 is 572. The van der Waals surface area contributed by atoms with Gasteiger partial charge in [-0.15, -0.1) is 0 Å². The molecule has 0 aliphatic heterocycles. The zero-order valence-corrected chi connectivity index (χ0v) is 76.2. The summed E-state index contributed by atoms with van der Waals surface area (Å²) in [4.78, 5) is 0. The van der Waals surface area contributed by atoms with E-state index >= 15 is 0 Å². The number of aliphatic hydroxyl groups excluding tert-OH is 4. The van der Waals surface area contributed by atoms with Gasteiger partial charge in [-0.05, 0) is 19.8 Å². The molecule has 4 N–H and O–H groups in total. The second-order valence-electron chi connectivity index (χ2n) is 35.9. The van der Waals surface area contributed by atoms with E-state index in [9.17, 15) is 187 Å². The second kappa shape index (κ2) is 61.6. The van der Waals surface area contributed by atoms with Gasteiger partial charge in [0.1, 0.15) is 26.4 Å². The predicted molar refractivity (Wildman–Crippen MR) is 426 cm³/mol. The normalized spacial score (nSPS) is 16.6. The van der Waals surface area contributed by atoms with Gasteiger partial charge in [0.2, 0.25) is 0 Å². The summed E-state index contributed by atoms with van der Waals surface area (Å²) in [7, 11) is 2.55. The molecule has 59 heteroatoms. The zero-order chi connectivity index (χ0) is 107. The third-order valence-electron chi connectivity index (χ3n) is 18.4. The van der Waals surface area contributed by atoms with Crippen molar-refractivity contribution in [2.45, 2.75) is 234 Å². The molecule has 0 bridgehead atoms. The first-order chi connectivity index (χ1) is 61.0. The van der Waals surface area contributed by atoms with Crippen molar-refractivity contribution in [2.24, 2.45) is 43.3 Å². The van der Waals surface area contributed by atoms with Gasteiger partial charge in [-0.1, -0.05) is 98.9 Å². The maximum Gasteiger partial charge on any atom is 0.460 e. The number of ether oxygens (including phenoxy) is 17. The Hall–Kier alpha value is -3.50. The van der Waals surface area contributed by atoms with Gasteiger partial charge in [-0.25, -0.2) is 0 Å². The van der Waals surface area contributed by atoms with Gasteiger partial charge in [0.15, 0.2) is 0 Å². The maximum atomic E-state index is 13.8. The lowest BCUT2D eigenvalue weighted by molar-refractivity contribution is -0.397. The molecule has 0 rings (SSSR count). The first-order valence-electron chi connectivity index (χ1n) is 40.3. The van der Waals surface area contributed by atoms with Crippen molar-refractivity contribution in [3.63, 3.8) is 0 Å². The fourth-order valence-electron chi connectivity index (χ4n) is 9.92. The van der Waals surface area contributed by atoms with Crippen molar-refractivity contribution in [2.75, 3.05) is 245 Å². The Kier molecular flexibility index (Phi) is 65.7. The van der Waals surface area contributed by atoms with Crippen LogP contribution in [0.25, 0.3) is 0 Å². The van der Waals surface area contributed by atoms with Crippen LogP contribution < -0.4 is 0 Å². The van der Waals surface area contributed by atoms with Crippen LogP contribution >= 0.6 is 0 Å². The highest BCUT2D eigenvalue weighted by Crippen LogP contribution is 2.56. The van der Waals surface area contributed by atoms with Gasteiger partial charge in [0.05, 0.1) is 184 Å². The van der Waals surface area contributed by atoms with E-state index < -0.39 is 265 Å². The topological polar surface area (TPSA) is 238 Å². The van der Waals surface area contributed by atoms with Gasteiger partial charge < -0.3 is 101 Å². The smallest absolute Gasteiger partial charge is 0.396 e. The number of methoxy groups -OCH3 is 2. The Morgan fingerprint density at radius 3 is 0.621 bits per heavy atom. The highest BCUT2D eigenvalue weighted by Gasteiger charge is 2.83. The molecule has 0 saturated carbocycles. The molecule has 0 aromatic rings. The molecule has 0 spiro atoms. The van der Waals surface area contributed by atoms with Gasteiger partial charge in [0.25, 0.3) is 0 Å². The average molecular weight is 2170 g/mol. The summed E-state index contributed by atoms with van der Waals surface area (Å²) in [6.45, 7) is -0.0787. The van der Waals surface area contributed by atoms with Gasteiger partial charge in [-0.2, -0.15) is 167 Å². The zero-order valence-electron chi connectivity index (χ0n) is 76.2. The number of hydrogen-bond acceptors (Lipinski definition) is 21. The molecule has 0 radical (unpaired) electrons. The molecule has 7 unspecified atom stereocenters. The van der Waals surface area contributed by atoms with E-state index in [1.54, 1.807) is 41.5 Å². The summed E-state index contributed by atoms with van der Waals surface area (Å²) >= 11 is 0. The Bertz CT molecular complexity index is 3150. The first kappa shape index (κ1) is 149. The van der Waals surface area contributed by atoms with E-state index in [1.807, 2.05) is 0 Å². The van der Waals surface area contributed by atoms with Crippen molar-refractivity contribution >= 4 is 0 Å². The lowest BCUT2D eigenvalue weighted by atomic mass is 9.92. The van der Waals surface area contributed by atoms with E-state index in [4.69, 9.17) is 61.6 Å². The number of rotatable bonds is 72. The van der Waals surface area contributed by atoms with Crippen LogP contribution in [0.15, 0.2) is 0 Å². The lowest BCUT2D eigenvalue weighted by Crippen LogP contribution is -2.61. The monoisotopic (exact) mass is 2170 g/mol. The molecule has 0 heterocycles. The van der Waals surface area contributed by atoms with E-state index in [2.05, 4.69) is 18.9 Å². The molecule has 0 fully saturated rings. The molecule has 854 valence electrons. The van der Waals surface area contributed by atoms with Crippen LogP contribution in [0.4, 0.5) is 167 Å². The quantitative estimate of drug-likeness (QED) is 0.0327. The molecule has 21 nitrogen and oxygen atoms in total. The fourth-order valence-corrected chi connectivity index (χ4v) is 9.92. The van der Waals surface area contributed by atoms with Crippen LogP contribution in [0.1, 0.15) is 132 Å². The fraction of sp³-hybridized carbons (Fsp3) is 1.00. The minimum Gasteiger partial charge on any atom is -0.396 e. The van der Waals surface area contributed by atoms with E-state index in [-0.39, 0.29) is 142 Å².